The van der Waals surface area contributed by atoms with Gasteiger partial charge in [-0.2, -0.15) is 5.26 Å². The first-order valence-electron chi connectivity index (χ1n) is 6.88. The van der Waals surface area contributed by atoms with Crippen LogP contribution in [0.3, 0.4) is 0 Å². The van der Waals surface area contributed by atoms with Crippen LogP contribution in [0.1, 0.15) is 37.7 Å². The zero-order valence-electron chi connectivity index (χ0n) is 11.4. The molecule has 1 fully saturated rings. The molecule has 0 heterocycles. The van der Waals surface area contributed by atoms with Crippen molar-refractivity contribution in [2.45, 2.75) is 37.6 Å². The number of benzene rings is 1. The molecule has 2 rings (SSSR count). The molecule has 2 amide bonds. The maximum absolute atomic E-state index is 12.0. The second-order valence-electron chi connectivity index (χ2n) is 5.27. The van der Waals surface area contributed by atoms with Crippen LogP contribution >= 0.6 is 0 Å². The summed E-state index contributed by atoms with van der Waals surface area (Å²) >= 11 is 0. The zero-order chi connectivity index (χ0) is 14.4. The number of nitriles is 1. The van der Waals surface area contributed by atoms with E-state index in [1.165, 1.54) is 0 Å². The van der Waals surface area contributed by atoms with E-state index >= 15 is 0 Å². The number of carbonyl (C=O) groups excluding carboxylic acids is 1. The minimum absolute atomic E-state index is 0.0430. The molecule has 0 aromatic heterocycles. The first-order valence-corrected chi connectivity index (χ1v) is 6.88. The lowest BCUT2D eigenvalue weighted by Gasteiger charge is -2.36. The number of hydrogen-bond acceptors (Lipinski definition) is 3. The Hall–Kier alpha value is -2.06. The Kier molecular flexibility index (Phi) is 4.59. The zero-order valence-corrected chi connectivity index (χ0v) is 11.4. The topological polar surface area (TPSA) is 85.2 Å². The van der Waals surface area contributed by atoms with Crippen molar-refractivity contribution >= 4 is 11.7 Å². The summed E-state index contributed by atoms with van der Waals surface area (Å²) in [5.41, 5.74) is 0.567. The van der Waals surface area contributed by atoms with Crippen LogP contribution in [0.2, 0.25) is 0 Å². The Morgan fingerprint density at radius 1 is 1.35 bits per heavy atom. The molecule has 3 N–H and O–H groups in total. The highest BCUT2D eigenvalue weighted by molar-refractivity contribution is 5.90. The second kappa shape index (κ2) is 6.40. The van der Waals surface area contributed by atoms with Crippen molar-refractivity contribution < 1.29 is 9.90 Å². The predicted molar refractivity (Wildman–Crippen MR) is 76.2 cm³/mol. The third-order valence-corrected chi connectivity index (χ3v) is 3.74. The fourth-order valence-corrected chi connectivity index (χ4v) is 2.62. The minimum atomic E-state index is -0.505. The van der Waals surface area contributed by atoms with Gasteiger partial charge >= 0.3 is 6.03 Å². The molecule has 0 bridgehead atoms. The molecular weight excluding hydrogens is 254 g/mol. The van der Waals surface area contributed by atoms with Gasteiger partial charge in [0.25, 0.3) is 0 Å². The molecule has 0 aliphatic heterocycles. The van der Waals surface area contributed by atoms with Gasteiger partial charge in [-0.15, -0.1) is 0 Å². The molecule has 0 unspecified atom stereocenters. The van der Waals surface area contributed by atoms with Crippen LogP contribution in [0.25, 0.3) is 0 Å². The molecule has 1 aliphatic carbocycles. The van der Waals surface area contributed by atoms with Crippen molar-refractivity contribution in [3.63, 3.8) is 0 Å². The van der Waals surface area contributed by atoms with Crippen molar-refractivity contribution in [1.82, 2.24) is 5.32 Å². The van der Waals surface area contributed by atoms with E-state index in [9.17, 15) is 9.90 Å². The maximum atomic E-state index is 12.0. The molecule has 5 heteroatoms. The van der Waals surface area contributed by atoms with E-state index in [1.54, 1.807) is 24.3 Å². The van der Waals surface area contributed by atoms with Gasteiger partial charge in [-0.3, -0.25) is 0 Å². The molecule has 1 aromatic carbocycles. The third-order valence-electron chi connectivity index (χ3n) is 3.74. The Morgan fingerprint density at radius 2 is 2.10 bits per heavy atom. The summed E-state index contributed by atoms with van der Waals surface area (Å²) in [4.78, 5) is 12.0. The van der Waals surface area contributed by atoms with Gasteiger partial charge in [0.15, 0.2) is 0 Å². The third kappa shape index (κ3) is 3.49. The number of nitrogens with zero attached hydrogens (tertiary/aromatic N) is 1. The molecule has 0 spiro atoms. The molecule has 106 valence electrons. The summed E-state index contributed by atoms with van der Waals surface area (Å²) in [6.45, 7) is -0.0430. The number of rotatable bonds is 3. The van der Waals surface area contributed by atoms with E-state index in [1.807, 2.05) is 6.07 Å². The summed E-state index contributed by atoms with van der Waals surface area (Å²) in [6.07, 6.45) is 4.79. The number of aliphatic hydroxyl groups is 1. The van der Waals surface area contributed by atoms with E-state index in [-0.39, 0.29) is 12.6 Å². The van der Waals surface area contributed by atoms with Gasteiger partial charge in [0.1, 0.15) is 0 Å². The van der Waals surface area contributed by atoms with Gasteiger partial charge < -0.3 is 15.7 Å². The first kappa shape index (κ1) is 14.4. The average molecular weight is 273 g/mol. The highest BCUT2D eigenvalue weighted by atomic mass is 16.3. The van der Waals surface area contributed by atoms with Crippen LogP contribution in [0, 0.1) is 11.3 Å². The monoisotopic (exact) mass is 273 g/mol. The van der Waals surface area contributed by atoms with E-state index in [0.717, 1.165) is 32.1 Å². The standard InChI is InChI=1S/C15H19N3O2/c16-10-12-5-4-6-13(9-12)17-14(20)18-15(11-19)7-2-1-3-8-15/h4-6,9,19H,1-3,7-8,11H2,(H2,17,18,20). The van der Waals surface area contributed by atoms with Crippen molar-refractivity contribution in [2.75, 3.05) is 11.9 Å². The number of urea groups is 1. The number of anilines is 1. The molecule has 1 saturated carbocycles. The summed E-state index contributed by atoms with van der Waals surface area (Å²) < 4.78 is 0. The summed E-state index contributed by atoms with van der Waals surface area (Å²) in [6, 6.07) is 8.44. The summed E-state index contributed by atoms with van der Waals surface area (Å²) in [5, 5.41) is 24.0. The minimum Gasteiger partial charge on any atom is -0.394 e. The van der Waals surface area contributed by atoms with Crippen molar-refractivity contribution in [3.8, 4) is 6.07 Å². The SMILES string of the molecule is N#Cc1cccc(NC(=O)NC2(CO)CCCCC2)c1. The van der Waals surface area contributed by atoms with Crippen molar-refractivity contribution in [3.05, 3.63) is 29.8 Å². The average Bonchev–Trinajstić information content (AvgIpc) is 2.48. The fraction of sp³-hybridized carbons (Fsp3) is 0.467. The van der Waals surface area contributed by atoms with E-state index in [0.29, 0.717) is 11.3 Å². The van der Waals surface area contributed by atoms with E-state index < -0.39 is 5.54 Å². The van der Waals surface area contributed by atoms with Gasteiger partial charge in [0, 0.05) is 5.69 Å². The smallest absolute Gasteiger partial charge is 0.319 e. The van der Waals surface area contributed by atoms with E-state index in [4.69, 9.17) is 5.26 Å². The van der Waals surface area contributed by atoms with Gasteiger partial charge in [-0.05, 0) is 31.0 Å². The lowest BCUT2D eigenvalue weighted by molar-refractivity contribution is 0.128. The molecule has 1 aromatic rings. The van der Waals surface area contributed by atoms with Crippen LogP contribution in [0.5, 0.6) is 0 Å². The molecular formula is C15H19N3O2. The van der Waals surface area contributed by atoms with Gasteiger partial charge in [0.2, 0.25) is 0 Å². The predicted octanol–water partition coefficient (Wildman–Crippen LogP) is 2.37. The number of carbonyl (C=O) groups is 1. The summed E-state index contributed by atoms with van der Waals surface area (Å²) in [5.74, 6) is 0. The van der Waals surface area contributed by atoms with Crippen LogP contribution in [-0.4, -0.2) is 23.3 Å². The van der Waals surface area contributed by atoms with Crippen LogP contribution in [0.4, 0.5) is 10.5 Å². The summed E-state index contributed by atoms with van der Waals surface area (Å²) in [7, 11) is 0. The van der Waals surface area contributed by atoms with Crippen molar-refractivity contribution in [1.29, 1.82) is 5.26 Å². The van der Waals surface area contributed by atoms with Crippen LogP contribution in [0.15, 0.2) is 24.3 Å². The van der Waals surface area contributed by atoms with Crippen molar-refractivity contribution in [2.24, 2.45) is 0 Å². The molecule has 20 heavy (non-hydrogen) atoms. The lowest BCUT2D eigenvalue weighted by atomic mass is 9.82. The maximum Gasteiger partial charge on any atom is 0.319 e. The molecule has 5 nitrogen and oxygen atoms in total. The molecule has 1 aliphatic rings. The van der Waals surface area contributed by atoms with Gasteiger partial charge in [-0.25, -0.2) is 4.79 Å². The quantitative estimate of drug-likeness (QED) is 0.790. The van der Waals surface area contributed by atoms with Crippen LogP contribution < -0.4 is 10.6 Å². The lowest BCUT2D eigenvalue weighted by Crippen LogP contribution is -2.53. The normalized spacial score (nSPS) is 17.0. The number of hydrogen-bond donors (Lipinski definition) is 3. The first-order chi connectivity index (χ1) is 9.67. The van der Waals surface area contributed by atoms with Gasteiger partial charge in [0.05, 0.1) is 23.8 Å². The molecule has 0 radical (unpaired) electrons. The highest BCUT2D eigenvalue weighted by Crippen LogP contribution is 2.27. The Balaban J connectivity index is 1.99. The number of aliphatic hydroxyl groups excluding tert-OH is 1. The second-order valence-corrected chi connectivity index (χ2v) is 5.27. The fourth-order valence-electron chi connectivity index (χ4n) is 2.62. The number of amides is 2. The number of nitrogens with one attached hydrogen (secondary N) is 2. The highest BCUT2D eigenvalue weighted by Gasteiger charge is 2.32. The largest absolute Gasteiger partial charge is 0.394 e. The van der Waals surface area contributed by atoms with Crippen LogP contribution in [-0.2, 0) is 0 Å². The van der Waals surface area contributed by atoms with E-state index in [2.05, 4.69) is 10.6 Å². The molecule has 0 atom stereocenters. The Bertz CT molecular complexity index is 516. The Morgan fingerprint density at radius 3 is 2.75 bits per heavy atom. The van der Waals surface area contributed by atoms with Gasteiger partial charge in [-0.1, -0.05) is 25.3 Å². The Labute approximate surface area is 118 Å². The molecule has 0 saturated heterocycles.